The summed E-state index contributed by atoms with van der Waals surface area (Å²) in [7, 11) is -2.43. The van der Waals surface area contributed by atoms with Crippen LogP contribution in [0.5, 0.6) is 11.5 Å². The molecule has 2 aromatic rings. The lowest BCUT2D eigenvalue weighted by Crippen LogP contribution is -2.52. The van der Waals surface area contributed by atoms with Gasteiger partial charge in [-0.15, -0.1) is 0 Å². The van der Waals surface area contributed by atoms with Crippen molar-refractivity contribution in [3.05, 3.63) is 48.0 Å². The van der Waals surface area contributed by atoms with Gasteiger partial charge in [0, 0.05) is 6.04 Å². The number of benzene rings is 2. The summed E-state index contributed by atoms with van der Waals surface area (Å²) in [5.74, 6) is 0.824. The molecular weight excluding hydrogens is 440 g/mol. The molecule has 1 amide bonds. The number of amides is 1. The molecule has 0 fully saturated rings. The van der Waals surface area contributed by atoms with Crippen LogP contribution < -0.4 is 19.1 Å². The first-order valence-corrected chi connectivity index (χ1v) is 12.6. The van der Waals surface area contributed by atoms with E-state index in [9.17, 15) is 13.2 Å². The van der Waals surface area contributed by atoms with E-state index in [0.717, 1.165) is 5.56 Å². The van der Waals surface area contributed by atoms with E-state index in [-0.39, 0.29) is 34.7 Å². The van der Waals surface area contributed by atoms with Crippen molar-refractivity contribution in [2.75, 3.05) is 18.0 Å². The van der Waals surface area contributed by atoms with Crippen molar-refractivity contribution in [3.63, 3.8) is 0 Å². The van der Waals surface area contributed by atoms with Gasteiger partial charge in [0.25, 0.3) is 15.9 Å². The van der Waals surface area contributed by atoms with Crippen LogP contribution in [0.1, 0.15) is 47.1 Å². The van der Waals surface area contributed by atoms with Crippen LogP contribution in [-0.4, -0.2) is 40.1 Å². The van der Waals surface area contributed by atoms with Crippen molar-refractivity contribution in [1.29, 1.82) is 0 Å². The molecule has 0 aromatic heterocycles. The number of hydrogen-bond donors (Lipinski definition) is 1. The van der Waals surface area contributed by atoms with E-state index in [1.807, 2.05) is 32.9 Å². The Kier molecular flexibility index (Phi) is 6.98. The van der Waals surface area contributed by atoms with Crippen molar-refractivity contribution >= 4 is 21.6 Å². The van der Waals surface area contributed by atoms with E-state index in [2.05, 4.69) is 26.1 Å². The Balaban J connectivity index is 2.06. The first-order valence-electron chi connectivity index (χ1n) is 11.1. The maximum atomic E-state index is 13.7. The van der Waals surface area contributed by atoms with E-state index < -0.39 is 16.1 Å². The summed E-state index contributed by atoms with van der Waals surface area (Å²) in [5, 5.41) is 2.94. The van der Waals surface area contributed by atoms with Gasteiger partial charge in [-0.05, 0) is 60.2 Å². The Hall–Kier alpha value is -2.74. The number of nitrogens with zero attached hydrogens (tertiary/aromatic N) is 1. The van der Waals surface area contributed by atoms with Gasteiger partial charge in [0.1, 0.15) is 11.5 Å². The molecule has 33 heavy (non-hydrogen) atoms. The fraction of sp³-hybridized carbons (Fsp3) is 0.480. The van der Waals surface area contributed by atoms with Gasteiger partial charge in [-0.3, -0.25) is 9.10 Å². The highest BCUT2D eigenvalue weighted by molar-refractivity contribution is 7.92. The molecule has 1 heterocycles. The van der Waals surface area contributed by atoms with Crippen LogP contribution in [0, 0.1) is 5.92 Å². The van der Waals surface area contributed by atoms with Crippen molar-refractivity contribution in [2.45, 2.75) is 64.0 Å². The molecule has 8 heteroatoms. The number of nitrogens with one attached hydrogen (secondary N) is 1. The maximum absolute atomic E-state index is 13.7. The Morgan fingerprint density at radius 2 is 1.76 bits per heavy atom. The number of rotatable bonds is 6. The monoisotopic (exact) mass is 474 g/mol. The van der Waals surface area contributed by atoms with Crippen molar-refractivity contribution in [2.24, 2.45) is 5.92 Å². The van der Waals surface area contributed by atoms with Crippen LogP contribution in [0.15, 0.2) is 47.4 Å². The van der Waals surface area contributed by atoms with Gasteiger partial charge < -0.3 is 14.8 Å². The highest BCUT2D eigenvalue weighted by atomic mass is 32.2. The Bertz CT molecular complexity index is 1100. The fourth-order valence-electron chi connectivity index (χ4n) is 3.44. The van der Waals surface area contributed by atoms with Crippen LogP contribution >= 0.6 is 0 Å². The number of hydrogen-bond acceptors (Lipinski definition) is 5. The standard InChI is InChI=1S/C25H34N2O5S/c1-16(2)17(3)26-24(28)23-15-27(33(29,30)20-11-9-19(31-7)10-12-20)21-14-18(25(4,5)6)8-13-22(21)32-23/h8-14,16-17,23H,15H2,1-7H3,(H,26,28)/t17-,23+/m0/s1. The second-order valence-electron chi connectivity index (χ2n) is 9.79. The van der Waals surface area contributed by atoms with Gasteiger partial charge >= 0.3 is 0 Å². The normalized spacial score (nSPS) is 17.2. The lowest BCUT2D eigenvalue weighted by Gasteiger charge is -2.36. The largest absolute Gasteiger partial charge is 0.497 e. The predicted octanol–water partition coefficient (Wildman–Crippen LogP) is 4.11. The summed E-state index contributed by atoms with van der Waals surface area (Å²) in [6.07, 6.45) is -0.966. The summed E-state index contributed by atoms with van der Waals surface area (Å²) < 4.78 is 39.9. The lowest BCUT2D eigenvalue weighted by atomic mass is 9.86. The van der Waals surface area contributed by atoms with E-state index in [0.29, 0.717) is 17.2 Å². The summed E-state index contributed by atoms with van der Waals surface area (Å²) >= 11 is 0. The zero-order valence-electron chi connectivity index (χ0n) is 20.4. The van der Waals surface area contributed by atoms with Gasteiger partial charge in [-0.1, -0.05) is 40.7 Å². The minimum Gasteiger partial charge on any atom is -0.497 e. The number of ether oxygens (including phenoxy) is 2. The number of carbonyl (C=O) groups excluding carboxylic acids is 1. The number of fused-ring (bicyclic) bond motifs is 1. The van der Waals surface area contributed by atoms with E-state index in [1.165, 1.54) is 23.5 Å². The van der Waals surface area contributed by atoms with E-state index in [4.69, 9.17) is 9.47 Å². The topological polar surface area (TPSA) is 84.9 Å². The number of carbonyl (C=O) groups is 1. The number of methoxy groups -OCH3 is 1. The van der Waals surface area contributed by atoms with Crippen LogP contribution in [0.2, 0.25) is 0 Å². The van der Waals surface area contributed by atoms with Gasteiger partial charge in [0.15, 0.2) is 6.10 Å². The first-order chi connectivity index (χ1) is 15.3. The zero-order valence-corrected chi connectivity index (χ0v) is 21.2. The highest BCUT2D eigenvalue weighted by Gasteiger charge is 2.38. The molecule has 7 nitrogen and oxygen atoms in total. The van der Waals surface area contributed by atoms with Gasteiger partial charge in [0.2, 0.25) is 0 Å². The second kappa shape index (κ2) is 9.25. The van der Waals surface area contributed by atoms with Crippen LogP contribution in [-0.2, 0) is 20.2 Å². The van der Waals surface area contributed by atoms with Crippen molar-refractivity contribution < 1.29 is 22.7 Å². The molecule has 180 valence electrons. The van der Waals surface area contributed by atoms with Crippen LogP contribution in [0.25, 0.3) is 0 Å². The molecule has 1 aliphatic rings. The van der Waals surface area contributed by atoms with Gasteiger partial charge in [-0.25, -0.2) is 8.42 Å². The first kappa shape index (κ1) is 24.9. The van der Waals surface area contributed by atoms with Crippen LogP contribution in [0.3, 0.4) is 0 Å². The zero-order chi connectivity index (χ0) is 24.6. The third kappa shape index (κ3) is 5.27. The average Bonchev–Trinajstić information content (AvgIpc) is 2.77. The summed E-state index contributed by atoms with van der Waals surface area (Å²) in [6.45, 7) is 12.0. The van der Waals surface area contributed by atoms with Crippen molar-refractivity contribution in [3.8, 4) is 11.5 Å². The maximum Gasteiger partial charge on any atom is 0.264 e. The Labute approximate surface area is 197 Å². The molecule has 0 saturated heterocycles. The molecule has 0 radical (unpaired) electrons. The molecule has 0 unspecified atom stereocenters. The SMILES string of the molecule is COc1ccc(S(=O)(=O)N2C[C@H](C(=O)N[C@@H](C)C(C)C)Oc3ccc(C(C)(C)C)cc32)cc1. The molecule has 3 rings (SSSR count). The average molecular weight is 475 g/mol. The molecule has 0 saturated carbocycles. The van der Waals surface area contributed by atoms with Gasteiger partial charge in [-0.2, -0.15) is 0 Å². The summed E-state index contributed by atoms with van der Waals surface area (Å²) in [6, 6.07) is 11.6. The van der Waals surface area contributed by atoms with E-state index in [1.54, 1.807) is 18.2 Å². The predicted molar refractivity (Wildman–Crippen MR) is 130 cm³/mol. The molecule has 1 aliphatic heterocycles. The second-order valence-corrected chi connectivity index (χ2v) is 11.7. The minimum atomic E-state index is -3.96. The van der Waals surface area contributed by atoms with Crippen molar-refractivity contribution in [1.82, 2.24) is 5.32 Å². The van der Waals surface area contributed by atoms with Crippen LogP contribution in [0.4, 0.5) is 5.69 Å². The molecule has 1 N–H and O–H groups in total. The number of sulfonamides is 1. The minimum absolute atomic E-state index is 0.0718. The fourth-order valence-corrected chi connectivity index (χ4v) is 4.91. The third-order valence-corrected chi connectivity index (χ3v) is 7.80. The molecule has 0 aliphatic carbocycles. The quantitative estimate of drug-likeness (QED) is 0.681. The summed E-state index contributed by atoms with van der Waals surface area (Å²) in [5.41, 5.74) is 1.21. The Morgan fingerprint density at radius 3 is 2.30 bits per heavy atom. The smallest absolute Gasteiger partial charge is 0.264 e. The molecule has 2 aromatic carbocycles. The van der Waals surface area contributed by atoms with Gasteiger partial charge in [0.05, 0.1) is 24.2 Å². The molecule has 0 spiro atoms. The molecule has 0 bridgehead atoms. The highest BCUT2D eigenvalue weighted by Crippen LogP contribution is 2.40. The lowest BCUT2D eigenvalue weighted by molar-refractivity contribution is -0.128. The van der Waals surface area contributed by atoms with E-state index >= 15 is 0 Å². The third-order valence-electron chi connectivity index (χ3n) is 6.00. The molecular formula is C25H34N2O5S. The Morgan fingerprint density at radius 1 is 1.12 bits per heavy atom. The summed E-state index contributed by atoms with van der Waals surface area (Å²) in [4.78, 5) is 13.1. The number of anilines is 1. The molecule has 2 atom stereocenters.